The minimum Gasteiger partial charge on any atom is -0.488 e. The van der Waals surface area contributed by atoms with Gasteiger partial charge in [-0.2, -0.15) is 0 Å². The van der Waals surface area contributed by atoms with Crippen LogP contribution in [-0.4, -0.2) is 27.8 Å². The Balaban J connectivity index is 1.88. The highest BCUT2D eigenvalue weighted by Gasteiger charge is 2.33. The molecule has 0 unspecified atom stereocenters. The fourth-order valence-electron chi connectivity index (χ4n) is 2.60. The molecule has 0 spiro atoms. The summed E-state index contributed by atoms with van der Waals surface area (Å²) in [5.41, 5.74) is 0.996. The first-order valence-corrected chi connectivity index (χ1v) is 9.61. The zero-order chi connectivity index (χ0) is 19.6. The van der Waals surface area contributed by atoms with Crippen molar-refractivity contribution in [2.24, 2.45) is 0 Å². The van der Waals surface area contributed by atoms with Crippen molar-refractivity contribution >= 4 is 46.6 Å². The molecule has 0 bridgehead atoms. The van der Waals surface area contributed by atoms with Gasteiger partial charge in [-0.1, -0.05) is 29.3 Å². The van der Waals surface area contributed by atoms with Crippen molar-refractivity contribution in [1.29, 1.82) is 0 Å². The van der Waals surface area contributed by atoms with Gasteiger partial charge in [0.2, 0.25) is 0 Å². The summed E-state index contributed by atoms with van der Waals surface area (Å²) in [4.78, 5) is 21.8. The predicted octanol–water partition coefficient (Wildman–Crippen LogP) is 4.27. The van der Waals surface area contributed by atoms with Gasteiger partial charge in [-0.25, -0.2) is 0 Å². The molecule has 1 fully saturated rings. The maximum absolute atomic E-state index is 11.2. The van der Waals surface area contributed by atoms with E-state index in [0.717, 1.165) is 0 Å². The van der Waals surface area contributed by atoms with E-state index < -0.39 is 22.3 Å². The molecule has 1 aliphatic heterocycles. The summed E-state index contributed by atoms with van der Waals surface area (Å²) < 4.78 is 5.84. The van der Waals surface area contributed by atoms with Gasteiger partial charge in [-0.3, -0.25) is 20.2 Å². The summed E-state index contributed by atoms with van der Waals surface area (Å²) in [5, 5.41) is 23.7. The number of thioether (sulfide) groups is 1. The van der Waals surface area contributed by atoms with E-state index in [4.69, 9.17) is 33.0 Å². The molecule has 142 valence electrons. The normalized spacial score (nSPS) is 19.0. The van der Waals surface area contributed by atoms with Crippen LogP contribution in [0.5, 0.6) is 5.75 Å². The molecule has 0 radical (unpaired) electrons. The van der Waals surface area contributed by atoms with Crippen LogP contribution >= 0.6 is 35.0 Å². The molecule has 0 aromatic heterocycles. The number of carbonyl (C=O) groups is 1. The van der Waals surface area contributed by atoms with Crippen LogP contribution in [0.15, 0.2) is 36.4 Å². The fraction of sp³-hybridized carbons (Fsp3) is 0.235. The van der Waals surface area contributed by atoms with E-state index in [-0.39, 0.29) is 12.3 Å². The smallest absolute Gasteiger partial charge is 0.321 e. The molecule has 1 saturated heterocycles. The van der Waals surface area contributed by atoms with E-state index in [1.807, 2.05) is 0 Å². The van der Waals surface area contributed by atoms with E-state index in [0.29, 0.717) is 32.7 Å². The summed E-state index contributed by atoms with van der Waals surface area (Å²) in [5.74, 6) is -0.230. The van der Waals surface area contributed by atoms with Gasteiger partial charge in [0, 0.05) is 39.1 Å². The summed E-state index contributed by atoms with van der Waals surface area (Å²) in [6, 6.07) is 8.58. The Labute approximate surface area is 168 Å². The zero-order valence-electron chi connectivity index (χ0n) is 13.7. The number of aliphatic carboxylic acids is 1. The Hall–Kier alpha value is -2.00. The number of rotatable bonds is 6. The van der Waals surface area contributed by atoms with Crippen molar-refractivity contribution in [2.45, 2.75) is 18.0 Å². The van der Waals surface area contributed by atoms with Crippen LogP contribution in [0.3, 0.4) is 0 Å². The number of hydrogen-bond donors (Lipinski definition) is 2. The molecule has 1 heterocycles. The van der Waals surface area contributed by atoms with Crippen molar-refractivity contribution in [1.82, 2.24) is 5.32 Å². The molecule has 27 heavy (non-hydrogen) atoms. The largest absolute Gasteiger partial charge is 0.488 e. The van der Waals surface area contributed by atoms with Crippen LogP contribution in [0.1, 0.15) is 16.5 Å². The maximum atomic E-state index is 11.2. The molecule has 2 N–H and O–H groups in total. The van der Waals surface area contributed by atoms with Crippen molar-refractivity contribution < 1.29 is 19.6 Å². The van der Waals surface area contributed by atoms with Crippen LogP contribution in [0, 0.1) is 10.1 Å². The number of nitrogens with one attached hydrogen (secondary N) is 1. The minimum absolute atomic E-state index is 0.0725. The second-order valence-electron chi connectivity index (χ2n) is 5.74. The van der Waals surface area contributed by atoms with E-state index >= 15 is 0 Å². The lowest BCUT2D eigenvalue weighted by molar-refractivity contribution is -0.384. The van der Waals surface area contributed by atoms with Crippen molar-refractivity contribution in [3.05, 3.63) is 67.7 Å². The quantitative estimate of drug-likeness (QED) is 0.522. The van der Waals surface area contributed by atoms with E-state index in [1.54, 1.807) is 18.2 Å². The van der Waals surface area contributed by atoms with Crippen LogP contribution < -0.4 is 10.1 Å². The fourth-order valence-corrected chi connectivity index (χ4v) is 4.35. The van der Waals surface area contributed by atoms with Gasteiger partial charge >= 0.3 is 5.97 Å². The molecular formula is C17H14Cl2N2O5S. The maximum Gasteiger partial charge on any atom is 0.321 e. The van der Waals surface area contributed by atoms with Gasteiger partial charge in [0.15, 0.2) is 0 Å². The monoisotopic (exact) mass is 428 g/mol. The summed E-state index contributed by atoms with van der Waals surface area (Å²) in [7, 11) is 0. The van der Waals surface area contributed by atoms with Crippen LogP contribution in [0.25, 0.3) is 0 Å². The number of carboxylic acid groups (broad SMARTS) is 1. The standard InChI is InChI=1S/C17H14Cl2N2O5S/c18-12-2-1-3-13(19)11(12)7-26-15-5-4-9(21(24)25)6-10(15)16-20-14(8-27-16)17(22)23/h1-6,14,16,20H,7-8H2,(H,22,23)/t14-,16+/m0/s1. The molecule has 2 aromatic rings. The van der Waals surface area contributed by atoms with E-state index in [2.05, 4.69) is 5.32 Å². The van der Waals surface area contributed by atoms with Crippen LogP contribution in [0.2, 0.25) is 10.0 Å². The summed E-state index contributed by atoms with van der Waals surface area (Å²) in [6.45, 7) is 0.0725. The second kappa shape index (κ2) is 8.35. The third-order valence-corrected chi connectivity index (χ3v) is 5.96. The molecule has 2 aromatic carbocycles. The number of carboxylic acids is 1. The number of benzene rings is 2. The van der Waals surface area contributed by atoms with Crippen LogP contribution in [-0.2, 0) is 11.4 Å². The Morgan fingerprint density at radius 3 is 2.63 bits per heavy atom. The Bertz CT molecular complexity index is 875. The molecule has 1 aliphatic rings. The highest BCUT2D eigenvalue weighted by molar-refractivity contribution is 7.99. The highest BCUT2D eigenvalue weighted by Crippen LogP contribution is 2.40. The minimum atomic E-state index is -0.972. The first-order valence-electron chi connectivity index (χ1n) is 7.81. The summed E-state index contributed by atoms with van der Waals surface area (Å²) >= 11 is 13.6. The van der Waals surface area contributed by atoms with Crippen molar-refractivity contribution in [3.63, 3.8) is 0 Å². The zero-order valence-corrected chi connectivity index (χ0v) is 16.1. The molecule has 10 heteroatoms. The van der Waals surface area contributed by atoms with Crippen molar-refractivity contribution in [2.75, 3.05) is 5.75 Å². The predicted molar refractivity (Wildman–Crippen MR) is 104 cm³/mol. The lowest BCUT2D eigenvalue weighted by Crippen LogP contribution is -2.33. The first-order chi connectivity index (χ1) is 12.9. The van der Waals surface area contributed by atoms with Gasteiger partial charge in [0.1, 0.15) is 18.4 Å². The molecular weight excluding hydrogens is 415 g/mol. The first kappa shape index (κ1) is 19.8. The van der Waals surface area contributed by atoms with E-state index in [9.17, 15) is 14.9 Å². The average Bonchev–Trinajstić information content (AvgIpc) is 3.11. The molecule has 3 rings (SSSR count). The Morgan fingerprint density at radius 1 is 1.33 bits per heavy atom. The molecule has 7 nitrogen and oxygen atoms in total. The molecule has 0 aliphatic carbocycles. The number of ether oxygens (including phenoxy) is 1. The molecule has 2 atom stereocenters. The van der Waals surface area contributed by atoms with Gasteiger partial charge in [0.05, 0.1) is 10.3 Å². The number of hydrogen-bond acceptors (Lipinski definition) is 6. The third-order valence-electron chi connectivity index (χ3n) is 4.00. The number of non-ortho nitro benzene ring substituents is 1. The highest BCUT2D eigenvalue weighted by atomic mass is 35.5. The topological polar surface area (TPSA) is 102 Å². The number of nitro groups is 1. The lowest BCUT2D eigenvalue weighted by Gasteiger charge is -2.17. The third kappa shape index (κ3) is 4.47. The lowest BCUT2D eigenvalue weighted by atomic mass is 10.1. The average molecular weight is 429 g/mol. The number of nitro benzene ring substituents is 1. The van der Waals surface area contributed by atoms with E-state index in [1.165, 1.54) is 30.0 Å². The van der Waals surface area contributed by atoms with Crippen molar-refractivity contribution in [3.8, 4) is 5.75 Å². The van der Waals surface area contributed by atoms with Gasteiger partial charge in [-0.05, 0) is 18.2 Å². The van der Waals surface area contributed by atoms with Gasteiger partial charge in [-0.15, -0.1) is 11.8 Å². The Kier molecular flexibility index (Phi) is 6.11. The number of halogens is 2. The van der Waals surface area contributed by atoms with Gasteiger partial charge < -0.3 is 9.84 Å². The van der Waals surface area contributed by atoms with Crippen LogP contribution in [0.4, 0.5) is 5.69 Å². The van der Waals surface area contributed by atoms with Gasteiger partial charge in [0.25, 0.3) is 5.69 Å². The second-order valence-corrected chi connectivity index (χ2v) is 7.69. The Morgan fingerprint density at radius 2 is 2.04 bits per heavy atom. The molecule has 0 amide bonds. The molecule has 0 saturated carbocycles. The number of nitrogens with zero attached hydrogens (tertiary/aromatic N) is 1. The SMILES string of the molecule is O=C(O)[C@@H]1CS[C@H](c2cc([N+](=O)[O-])ccc2OCc2c(Cl)cccc2Cl)N1. The summed E-state index contributed by atoms with van der Waals surface area (Å²) in [6.07, 6.45) is 0.